The van der Waals surface area contributed by atoms with E-state index in [-0.39, 0.29) is 17.1 Å². The van der Waals surface area contributed by atoms with Crippen LogP contribution in [0.25, 0.3) is 0 Å². The van der Waals surface area contributed by atoms with Gasteiger partial charge in [-0.1, -0.05) is 0 Å². The van der Waals surface area contributed by atoms with E-state index < -0.39 is 22.1 Å². The first-order valence-electron chi connectivity index (χ1n) is 2.91. The second kappa shape index (κ2) is 15.5. The fraction of sp³-hybridized carbons (Fsp3) is 0.500. The topological polar surface area (TPSA) is 176 Å². The van der Waals surface area contributed by atoms with Crippen LogP contribution in [0.3, 0.4) is 0 Å². The fourth-order valence-corrected chi connectivity index (χ4v) is 0.202. The molecule has 0 unspecified atom stereocenters. The van der Waals surface area contributed by atoms with Crippen molar-refractivity contribution in [2.24, 2.45) is 0 Å². The maximum Gasteiger partial charge on any atom is 2.00 e. The molecule has 0 spiro atoms. The van der Waals surface area contributed by atoms with Gasteiger partial charge >= 0.3 is 29.0 Å². The van der Waals surface area contributed by atoms with E-state index in [9.17, 15) is 9.59 Å². The standard InChI is InChI=1S/C4H6O3.Cu.2NO3/c1-3(5)7-4(2)6;;2*2-1(3)4/h1-2H3;;;/q;+2;2*-1. The molecule has 0 aliphatic rings. The summed E-state index contributed by atoms with van der Waals surface area (Å²) in [7, 11) is 0. The molecule has 0 N–H and O–H groups in total. The van der Waals surface area contributed by atoms with Crippen LogP contribution in [-0.4, -0.2) is 22.1 Å². The Balaban J connectivity index is -0.0000000700. The monoisotopic (exact) mass is 289 g/mol. The summed E-state index contributed by atoms with van der Waals surface area (Å²) in [5.74, 6) is -1.12. The molecule has 0 aliphatic carbocycles. The van der Waals surface area contributed by atoms with Crippen molar-refractivity contribution >= 4 is 11.9 Å². The number of carbonyl (C=O) groups is 2. The number of nitrogens with zero attached hydrogens (tertiary/aromatic N) is 2. The van der Waals surface area contributed by atoms with Crippen LogP contribution in [0.4, 0.5) is 0 Å². The Kier molecular flexibility index (Phi) is 23.0. The second-order valence-electron chi connectivity index (χ2n) is 1.53. The van der Waals surface area contributed by atoms with Gasteiger partial charge < -0.3 is 35.4 Å². The molecule has 0 atom stereocenters. The first-order chi connectivity index (χ1) is 6.59. The van der Waals surface area contributed by atoms with Gasteiger partial charge in [-0.3, -0.25) is 9.59 Å². The van der Waals surface area contributed by atoms with Gasteiger partial charge in [-0.2, -0.15) is 0 Å². The van der Waals surface area contributed by atoms with Crippen molar-refractivity contribution in [3.63, 3.8) is 0 Å². The number of ether oxygens (including phenoxy) is 1. The summed E-state index contributed by atoms with van der Waals surface area (Å²) in [5, 5.41) is 29.5. The predicted octanol–water partition coefficient (Wildman–Crippen LogP) is -0.385. The Morgan fingerprint density at radius 3 is 1.00 bits per heavy atom. The molecular weight excluding hydrogens is 284 g/mol. The maximum atomic E-state index is 9.81. The maximum absolute atomic E-state index is 9.81. The molecule has 97 valence electrons. The minimum absolute atomic E-state index is 0. The average Bonchev–Trinajstić information content (AvgIpc) is 1.78. The Bertz CT molecular complexity index is 210. The van der Waals surface area contributed by atoms with Gasteiger partial charge in [0, 0.05) is 13.8 Å². The number of hydrogen-bond acceptors (Lipinski definition) is 9. The summed E-state index contributed by atoms with van der Waals surface area (Å²) in [5.41, 5.74) is 0. The first kappa shape index (κ1) is 23.7. The predicted molar refractivity (Wildman–Crippen MR) is 43.2 cm³/mol. The second-order valence-corrected chi connectivity index (χ2v) is 1.53. The van der Waals surface area contributed by atoms with Crippen LogP contribution in [0, 0.1) is 30.6 Å². The number of hydrogen-bond donors (Lipinski definition) is 0. The van der Waals surface area contributed by atoms with Crippen molar-refractivity contribution in [2.45, 2.75) is 13.8 Å². The van der Waals surface area contributed by atoms with Gasteiger partial charge in [0.15, 0.2) is 0 Å². The third-order valence-corrected chi connectivity index (χ3v) is 0.287. The van der Waals surface area contributed by atoms with Crippen molar-refractivity contribution in [2.75, 3.05) is 0 Å². The van der Waals surface area contributed by atoms with Gasteiger partial charge in [0.1, 0.15) is 0 Å². The van der Waals surface area contributed by atoms with E-state index in [1.807, 2.05) is 0 Å². The van der Waals surface area contributed by atoms with Crippen LogP contribution < -0.4 is 0 Å². The summed E-state index contributed by atoms with van der Waals surface area (Å²) in [6, 6.07) is 0. The SMILES string of the molecule is CC(=O)OC(C)=O.O=[N+]([O-])[O-].O=[N+]([O-])[O-].[Cu+2]. The molecule has 0 aromatic rings. The molecule has 0 aromatic heterocycles. The van der Waals surface area contributed by atoms with Crippen LogP contribution in [-0.2, 0) is 31.4 Å². The number of rotatable bonds is 0. The summed E-state index contributed by atoms with van der Waals surface area (Å²) in [6.07, 6.45) is 0. The zero-order valence-corrected chi connectivity index (χ0v) is 8.81. The Morgan fingerprint density at radius 1 is 0.875 bits per heavy atom. The van der Waals surface area contributed by atoms with E-state index in [2.05, 4.69) is 4.74 Å². The summed E-state index contributed by atoms with van der Waals surface area (Å²) in [6.45, 7) is 2.36. The zero-order valence-electron chi connectivity index (χ0n) is 7.87. The molecule has 0 fully saturated rings. The Morgan fingerprint density at radius 2 is 1.00 bits per heavy atom. The molecule has 0 bridgehead atoms. The van der Waals surface area contributed by atoms with Crippen LogP contribution >= 0.6 is 0 Å². The van der Waals surface area contributed by atoms with Crippen LogP contribution in [0.2, 0.25) is 0 Å². The van der Waals surface area contributed by atoms with Crippen LogP contribution in [0.5, 0.6) is 0 Å². The van der Waals surface area contributed by atoms with Crippen molar-refractivity contribution in [1.82, 2.24) is 0 Å². The first-order valence-corrected chi connectivity index (χ1v) is 2.91. The fourth-order valence-electron chi connectivity index (χ4n) is 0.202. The van der Waals surface area contributed by atoms with Crippen LogP contribution in [0.1, 0.15) is 13.8 Å². The summed E-state index contributed by atoms with van der Waals surface area (Å²) in [4.78, 5) is 36.1. The van der Waals surface area contributed by atoms with Crippen molar-refractivity contribution in [3.05, 3.63) is 30.6 Å². The molecule has 0 rings (SSSR count). The molecule has 0 amide bonds. The van der Waals surface area contributed by atoms with E-state index in [0.717, 1.165) is 0 Å². The third-order valence-electron chi connectivity index (χ3n) is 0.287. The minimum Gasteiger partial charge on any atom is -0.394 e. The van der Waals surface area contributed by atoms with E-state index in [4.69, 9.17) is 30.6 Å². The quantitative estimate of drug-likeness (QED) is 0.189. The molecule has 0 saturated heterocycles. The van der Waals surface area contributed by atoms with Crippen molar-refractivity contribution in [3.8, 4) is 0 Å². The molecule has 0 heterocycles. The molecule has 0 aliphatic heterocycles. The Labute approximate surface area is 98.7 Å². The van der Waals surface area contributed by atoms with Gasteiger partial charge in [-0.15, -0.1) is 0 Å². The number of carbonyl (C=O) groups excluding carboxylic acids is 2. The van der Waals surface area contributed by atoms with E-state index >= 15 is 0 Å². The van der Waals surface area contributed by atoms with Crippen molar-refractivity contribution in [1.29, 1.82) is 0 Å². The van der Waals surface area contributed by atoms with Gasteiger partial charge in [-0.05, 0) is 0 Å². The normalized spacial score (nSPS) is 6.38. The Hall–Kier alpha value is -1.94. The molecular formula is C4H6CuN2O9. The van der Waals surface area contributed by atoms with Crippen molar-refractivity contribution < 1.29 is 41.6 Å². The number of esters is 2. The molecule has 16 heavy (non-hydrogen) atoms. The minimum atomic E-state index is -1.75. The third kappa shape index (κ3) is 348. The van der Waals surface area contributed by atoms with Gasteiger partial charge in [0.2, 0.25) is 0 Å². The summed E-state index contributed by atoms with van der Waals surface area (Å²) >= 11 is 0. The van der Waals surface area contributed by atoms with Gasteiger partial charge in [-0.25, -0.2) is 0 Å². The van der Waals surface area contributed by atoms with Crippen LogP contribution in [0.15, 0.2) is 0 Å². The van der Waals surface area contributed by atoms with Gasteiger partial charge in [0.05, 0.1) is 10.2 Å². The largest absolute Gasteiger partial charge is 2.00 e. The molecule has 12 heteroatoms. The van der Waals surface area contributed by atoms with Gasteiger partial charge in [0.25, 0.3) is 0 Å². The van der Waals surface area contributed by atoms with E-state index in [0.29, 0.717) is 0 Å². The molecule has 11 nitrogen and oxygen atoms in total. The molecule has 1 radical (unpaired) electrons. The smallest absolute Gasteiger partial charge is 0.394 e. The average molecular weight is 290 g/mol. The van der Waals surface area contributed by atoms with E-state index in [1.54, 1.807) is 0 Å². The molecule has 0 aromatic carbocycles. The zero-order chi connectivity index (χ0) is 13.0. The molecule has 0 saturated carbocycles. The summed E-state index contributed by atoms with van der Waals surface area (Å²) < 4.78 is 3.97. The van der Waals surface area contributed by atoms with E-state index in [1.165, 1.54) is 13.8 Å².